The Morgan fingerprint density at radius 3 is 2.65 bits per heavy atom. The zero-order chi connectivity index (χ0) is 12.5. The lowest BCUT2D eigenvalue weighted by atomic mass is 10.2. The SMILES string of the molecule is C/C=C(\C)C(=O)N/N=C\C=C/c1ccccc1. The summed E-state index contributed by atoms with van der Waals surface area (Å²) < 4.78 is 0. The van der Waals surface area contributed by atoms with Crippen LogP contribution in [0.25, 0.3) is 6.08 Å². The van der Waals surface area contributed by atoms with Crippen molar-refractivity contribution in [2.24, 2.45) is 5.10 Å². The summed E-state index contributed by atoms with van der Waals surface area (Å²) in [6.45, 7) is 3.55. The molecule has 88 valence electrons. The third-order valence-corrected chi connectivity index (χ3v) is 2.21. The lowest BCUT2D eigenvalue weighted by Crippen LogP contribution is -2.17. The molecule has 3 heteroatoms. The molecule has 0 spiro atoms. The van der Waals surface area contributed by atoms with Crippen molar-refractivity contribution in [2.75, 3.05) is 0 Å². The van der Waals surface area contributed by atoms with E-state index in [0.717, 1.165) is 5.56 Å². The first kappa shape index (κ1) is 12.9. The van der Waals surface area contributed by atoms with E-state index in [1.54, 1.807) is 25.3 Å². The fraction of sp³-hybridized carbons (Fsp3) is 0.143. The molecule has 0 unspecified atom stereocenters. The van der Waals surface area contributed by atoms with Crippen molar-refractivity contribution < 1.29 is 4.79 Å². The molecule has 0 saturated heterocycles. The summed E-state index contributed by atoms with van der Waals surface area (Å²) in [5, 5.41) is 3.80. The number of amides is 1. The highest BCUT2D eigenvalue weighted by molar-refractivity contribution is 5.93. The zero-order valence-corrected chi connectivity index (χ0v) is 10.1. The Bertz CT molecular complexity index is 445. The van der Waals surface area contributed by atoms with Crippen LogP contribution in [0.3, 0.4) is 0 Å². The Balaban J connectivity index is 2.41. The number of hydrazone groups is 1. The number of benzene rings is 1. The minimum absolute atomic E-state index is 0.183. The van der Waals surface area contributed by atoms with E-state index in [0.29, 0.717) is 5.57 Å². The molecule has 0 aliphatic carbocycles. The fourth-order valence-electron chi connectivity index (χ4n) is 1.08. The van der Waals surface area contributed by atoms with Crippen LogP contribution < -0.4 is 5.43 Å². The van der Waals surface area contributed by atoms with E-state index < -0.39 is 0 Å². The summed E-state index contributed by atoms with van der Waals surface area (Å²) >= 11 is 0. The smallest absolute Gasteiger partial charge is 0.266 e. The van der Waals surface area contributed by atoms with Gasteiger partial charge in [0.1, 0.15) is 0 Å². The van der Waals surface area contributed by atoms with Gasteiger partial charge in [0.2, 0.25) is 0 Å². The molecule has 0 aromatic heterocycles. The van der Waals surface area contributed by atoms with Crippen molar-refractivity contribution >= 4 is 18.2 Å². The molecule has 0 aliphatic rings. The number of carbonyl (C=O) groups excluding carboxylic acids is 1. The van der Waals surface area contributed by atoms with Crippen LogP contribution in [-0.2, 0) is 4.79 Å². The van der Waals surface area contributed by atoms with Gasteiger partial charge in [-0.15, -0.1) is 0 Å². The Hall–Kier alpha value is -2.16. The lowest BCUT2D eigenvalue weighted by Gasteiger charge is -1.96. The molecule has 0 fully saturated rings. The number of hydrogen-bond donors (Lipinski definition) is 1. The molecule has 1 amide bonds. The normalized spacial score (nSPS) is 12.2. The molecular weight excluding hydrogens is 212 g/mol. The van der Waals surface area contributed by atoms with Gasteiger partial charge in [0.05, 0.1) is 0 Å². The van der Waals surface area contributed by atoms with Crippen molar-refractivity contribution in [3.63, 3.8) is 0 Å². The second kappa shape index (κ2) is 7.17. The summed E-state index contributed by atoms with van der Waals surface area (Å²) in [6.07, 6.45) is 6.98. The van der Waals surface area contributed by atoms with E-state index in [4.69, 9.17) is 0 Å². The van der Waals surface area contributed by atoms with Gasteiger partial charge >= 0.3 is 0 Å². The standard InChI is InChI=1S/C14H16N2O/c1-3-12(2)14(17)16-15-11-7-10-13-8-5-4-6-9-13/h3-11H,1-2H3,(H,16,17)/b10-7-,12-3+,15-11-. The molecule has 0 radical (unpaired) electrons. The first-order valence-electron chi connectivity index (χ1n) is 5.42. The predicted octanol–water partition coefficient (Wildman–Crippen LogP) is 2.77. The molecule has 0 saturated carbocycles. The van der Waals surface area contributed by atoms with Crippen LogP contribution >= 0.6 is 0 Å². The van der Waals surface area contributed by atoms with Crippen LogP contribution in [0.4, 0.5) is 0 Å². The van der Waals surface area contributed by atoms with Crippen molar-refractivity contribution in [3.05, 3.63) is 53.6 Å². The number of rotatable bonds is 4. The van der Waals surface area contributed by atoms with Crippen LogP contribution in [0.15, 0.2) is 53.2 Å². The maximum atomic E-state index is 11.3. The van der Waals surface area contributed by atoms with Gasteiger partial charge < -0.3 is 0 Å². The number of nitrogens with one attached hydrogen (secondary N) is 1. The Labute approximate surface area is 102 Å². The first-order chi connectivity index (χ1) is 8.24. The van der Waals surface area contributed by atoms with Gasteiger partial charge in [0.15, 0.2) is 0 Å². The molecule has 0 atom stereocenters. The maximum absolute atomic E-state index is 11.3. The minimum Gasteiger partial charge on any atom is -0.268 e. The molecule has 0 aliphatic heterocycles. The van der Waals surface area contributed by atoms with Crippen LogP contribution in [0.2, 0.25) is 0 Å². The van der Waals surface area contributed by atoms with Gasteiger partial charge in [-0.3, -0.25) is 4.79 Å². The third kappa shape index (κ3) is 4.93. The molecule has 1 N–H and O–H groups in total. The van der Waals surface area contributed by atoms with Gasteiger partial charge in [-0.2, -0.15) is 5.10 Å². The van der Waals surface area contributed by atoms with E-state index >= 15 is 0 Å². The number of nitrogens with zero attached hydrogens (tertiary/aromatic N) is 1. The summed E-state index contributed by atoms with van der Waals surface area (Å²) in [5.41, 5.74) is 4.17. The predicted molar refractivity (Wildman–Crippen MR) is 71.5 cm³/mol. The van der Waals surface area contributed by atoms with Crippen molar-refractivity contribution in [1.82, 2.24) is 5.43 Å². The number of hydrogen-bond acceptors (Lipinski definition) is 2. The van der Waals surface area contributed by atoms with Gasteiger partial charge in [-0.1, -0.05) is 42.5 Å². The molecule has 0 bridgehead atoms. The summed E-state index contributed by atoms with van der Waals surface area (Å²) in [7, 11) is 0. The summed E-state index contributed by atoms with van der Waals surface area (Å²) in [4.78, 5) is 11.3. The molecule has 3 nitrogen and oxygen atoms in total. The van der Waals surface area contributed by atoms with Gasteiger partial charge in [0, 0.05) is 11.8 Å². The number of allylic oxidation sites excluding steroid dienone is 2. The van der Waals surface area contributed by atoms with Crippen molar-refractivity contribution in [2.45, 2.75) is 13.8 Å². The van der Waals surface area contributed by atoms with Crippen LogP contribution in [0, 0.1) is 0 Å². The summed E-state index contributed by atoms with van der Waals surface area (Å²) in [5.74, 6) is -0.183. The molecule has 17 heavy (non-hydrogen) atoms. The Kier molecular flexibility index (Phi) is 5.44. The van der Waals surface area contributed by atoms with Crippen molar-refractivity contribution in [1.29, 1.82) is 0 Å². The van der Waals surface area contributed by atoms with E-state index in [9.17, 15) is 4.79 Å². The van der Waals surface area contributed by atoms with E-state index in [1.165, 1.54) is 0 Å². The highest BCUT2D eigenvalue weighted by atomic mass is 16.2. The monoisotopic (exact) mass is 228 g/mol. The third-order valence-electron chi connectivity index (χ3n) is 2.21. The molecule has 0 heterocycles. The minimum atomic E-state index is -0.183. The van der Waals surface area contributed by atoms with E-state index in [1.807, 2.05) is 43.3 Å². The first-order valence-corrected chi connectivity index (χ1v) is 5.42. The quantitative estimate of drug-likeness (QED) is 0.480. The molecule has 1 rings (SSSR count). The maximum Gasteiger partial charge on any atom is 0.266 e. The largest absolute Gasteiger partial charge is 0.268 e. The zero-order valence-electron chi connectivity index (χ0n) is 10.1. The van der Waals surface area contributed by atoms with Crippen LogP contribution in [0.1, 0.15) is 19.4 Å². The van der Waals surface area contributed by atoms with Crippen LogP contribution in [0.5, 0.6) is 0 Å². The Morgan fingerprint density at radius 2 is 2.00 bits per heavy atom. The van der Waals surface area contributed by atoms with E-state index in [-0.39, 0.29) is 5.91 Å². The van der Waals surface area contributed by atoms with E-state index in [2.05, 4.69) is 10.5 Å². The number of carbonyl (C=O) groups is 1. The highest BCUT2D eigenvalue weighted by Gasteiger charge is 1.98. The fourth-order valence-corrected chi connectivity index (χ4v) is 1.08. The highest BCUT2D eigenvalue weighted by Crippen LogP contribution is 1.99. The van der Waals surface area contributed by atoms with Gasteiger partial charge in [-0.25, -0.2) is 5.43 Å². The second-order valence-electron chi connectivity index (χ2n) is 3.46. The average molecular weight is 228 g/mol. The van der Waals surface area contributed by atoms with Crippen LogP contribution in [-0.4, -0.2) is 12.1 Å². The lowest BCUT2D eigenvalue weighted by molar-refractivity contribution is -0.117. The molecule has 1 aromatic rings. The summed E-state index contributed by atoms with van der Waals surface area (Å²) in [6, 6.07) is 9.88. The van der Waals surface area contributed by atoms with Gasteiger partial charge in [0.25, 0.3) is 5.91 Å². The second-order valence-corrected chi connectivity index (χ2v) is 3.46. The molecular formula is C14H16N2O. The molecule has 1 aromatic carbocycles. The topological polar surface area (TPSA) is 41.5 Å². The van der Waals surface area contributed by atoms with Gasteiger partial charge in [-0.05, 0) is 25.5 Å². The average Bonchev–Trinajstić information content (AvgIpc) is 2.38. The van der Waals surface area contributed by atoms with Crippen molar-refractivity contribution in [3.8, 4) is 0 Å². The Morgan fingerprint density at radius 1 is 1.29 bits per heavy atom.